The molecule has 3 aromatic rings. The van der Waals surface area contributed by atoms with Crippen molar-refractivity contribution in [2.45, 2.75) is 25.9 Å². The Labute approximate surface area is 249 Å². The van der Waals surface area contributed by atoms with Crippen molar-refractivity contribution in [1.82, 2.24) is 14.7 Å². The Morgan fingerprint density at radius 3 is 2.45 bits per heavy atom. The van der Waals surface area contributed by atoms with E-state index in [1.54, 1.807) is 43.3 Å². The summed E-state index contributed by atoms with van der Waals surface area (Å²) in [5, 5.41) is 0.514. The number of aryl methyl sites for hydroxylation is 1. The first-order valence-corrected chi connectivity index (χ1v) is 14.2. The normalized spacial score (nSPS) is 13.4. The van der Waals surface area contributed by atoms with Gasteiger partial charge in [0.1, 0.15) is 5.84 Å². The van der Waals surface area contributed by atoms with Crippen molar-refractivity contribution in [3.63, 3.8) is 0 Å². The summed E-state index contributed by atoms with van der Waals surface area (Å²) in [6.45, 7) is 7.37. The van der Waals surface area contributed by atoms with E-state index >= 15 is 0 Å². The maximum Gasteiger partial charge on any atom is 0.254 e. The van der Waals surface area contributed by atoms with Crippen LogP contribution in [0, 0.1) is 6.92 Å². The van der Waals surface area contributed by atoms with Crippen LogP contribution in [0.25, 0.3) is 5.70 Å². The summed E-state index contributed by atoms with van der Waals surface area (Å²) in [6.07, 6.45) is 0.510. The Morgan fingerprint density at radius 2 is 1.80 bits per heavy atom. The molecule has 40 heavy (non-hydrogen) atoms. The van der Waals surface area contributed by atoms with E-state index < -0.39 is 6.04 Å². The molecule has 1 heterocycles. The van der Waals surface area contributed by atoms with E-state index in [1.807, 2.05) is 54.3 Å². The zero-order valence-electron chi connectivity index (χ0n) is 22.9. The van der Waals surface area contributed by atoms with E-state index in [1.165, 1.54) is 4.90 Å². The fourth-order valence-electron chi connectivity index (χ4n) is 4.59. The molecule has 9 heteroatoms. The van der Waals surface area contributed by atoms with Crippen molar-refractivity contribution >= 4 is 56.6 Å². The first kappa shape index (κ1) is 29.5. The van der Waals surface area contributed by atoms with Crippen molar-refractivity contribution < 1.29 is 9.59 Å². The summed E-state index contributed by atoms with van der Waals surface area (Å²) in [7, 11) is 3.35. The lowest BCUT2D eigenvalue weighted by Crippen LogP contribution is -2.58. The smallest absolute Gasteiger partial charge is 0.254 e. The summed E-state index contributed by atoms with van der Waals surface area (Å²) in [4.78, 5) is 38.1. The van der Waals surface area contributed by atoms with Crippen molar-refractivity contribution in [2.24, 2.45) is 10.7 Å². The molecule has 2 N–H and O–H groups in total. The number of carbonyl (C=O) groups excluding carboxylic acids is 2. The van der Waals surface area contributed by atoms with Crippen molar-refractivity contribution in [3.05, 3.63) is 105 Å². The number of hydrogen-bond acceptors (Lipinski definition) is 5. The Bertz CT molecular complexity index is 1450. The number of amides is 2. The van der Waals surface area contributed by atoms with Crippen LogP contribution in [0.4, 0.5) is 5.69 Å². The van der Waals surface area contributed by atoms with E-state index in [0.29, 0.717) is 47.3 Å². The molecule has 1 atom stereocenters. The van der Waals surface area contributed by atoms with Gasteiger partial charge in [-0.2, -0.15) is 0 Å². The summed E-state index contributed by atoms with van der Waals surface area (Å²) in [5.74, 6) is -0.168. The number of rotatable bonds is 9. The average molecular weight is 623 g/mol. The number of fused-ring (bicyclic) bond motifs is 1. The number of amidine groups is 1. The molecule has 0 fully saturated rings. The molecule has 0 radical (unpaired) electrons. The molecular formula is C31H33BrClN5O2. The summed E-state index contributed by atoms with van der Waals surface area (Å²) in [5.41, 5.74) is 10.4. The fraction of sp³-hybridized carbons (Fsp3) is 0.258. The van der Waals surface area contributed by atoms with Crippen LogP contribution in [0.1, 0.15) is 33.5 Å². The van der Waals surface area contributed by atoms with Crippen LogP contribution in [0.15, 0.2) is 82.8 Å². The molecule has 0 aliphatic carbocycles. The molecular weight excluding hydrogens is 590 g/mol. The Morgan fingerprint density at radius 1 is 1.10 bits per heavy atom. The molecule has 4 rings (SSSR count). The number of hydrogen-bond donors (Lipinski definition) is 1. The van der Waals surface area contributed by atoms with Crippen molar-refractivity contribution in [1.29, 1.82) is 0 Å². The minimum Gasteiger partial charge on any atom is -0.347 e. The molecule has 0 aromatic heterocycles. The van der Waals surface area contributed by atoms with Gasteiger partial charge >= 0.3 is 0 Å². The van der Waals surface area contributed by atoms with E-state index in [2.05, 4.69) is 22.5 Å². The number of nitrogens with zero attached hydrogens (tertiary/aromatic N) is 4. The van der Waals surface area contributed by atoms with E-state index in [-0.39, 0.29) is 18.4 Å². The van der Waals surface area contributed by atoms with Gasteiger partial charge in [0.05, 0.1) is 12.2 Å². The second-order valence-corrected chi connectivity index (χ2v) is 11.2. The number of carbonyl (C=O) groups is 2. The van der Waals surface area contributed by atoms with Crippen LogP contribution in [0.3, 0.4) is 0 Å². The SMILES string of the molecule is C=C1c2ccc(Cl)cc2N=C(C(C(=O)N(C)C)N(CCCN)C(=O)c2ccc(C)cc2)N1Cc1ccccc1Br. The quantitative estimate of drug-likeness (QED) is 0.323. The highest BCUT2D eigenvalue weighted by molar-refractivity contribution is 9.10. The minimum atomic E-state index is -1.04. The van der Waals surface area contributed by atoms with Gasteiger partial charge in [0.15, 0.2) is 6.04 Å². The molecule has 1 aliphatic heterocycles. The molecule has 0 bridgehead atoms. The van der Waals surface area contributed by atoms with Gasteiger partial charge in [0.25, 0.3) is 11.8 Å². The van der Waals surface area contributed by atoms with Gasteiger partial charge in [-0.05, 0) is 61.9 Å². The van der Waals surface area contributed by atoms with Gasteiger partial charge in [-0.15, -0.1) is 0 Å². The van der Waals surface area contributed by atoms with Gasteiger partial charge in [-0.1, -0.05) is 70.0 Å². The molecule has 208 valence electrons. The molecule has 2 amide bonds. The Hall–Kier alpha value is -3.46. The zero-order chi connectivity index (χ0) is 29.0. The largest absolute Gasteiger partial charge is 0.347 e. The molecule has 0 spiro atoms. The third kappa shape index (κ3) is 6.30. The fourth-order valence-corrected chi connectivity index (χ4v) is 5.17. The molecule has 3 aromatic carbocycles. The molecule has 1 unspecified atom stereocenters. The predicted octanol–water partition coefficient (Wildman–Crippen LogP) is 5.88. The lowest BCUT2D eigenvalue weighted by molar-refractivity contribution is -0.131. The third-order valence-corrected chi connectivity index (χ3v) is 7.80. The maximum atomic E-state index is 14.1. The maximum absolute atomic E-state index is 14.1. The van der Waals surface area contributed by atoms with E-state index in [0.717, 1.165) is 21.2 Å². The average Bonchev–Trinajstić information content (AvgIpc) is 2.93. The lowest BCUT2D eigenvalue weighted by Gasteiger charge is -2.40. The van der Waals surface area contributed by atoms with Gasteiger partial charge in [-0.25, -0.2) is 4.99 Å². The van der Waals surface area contributed by atoms with Crippen molar-refractivity contribution in [2.75, 3.05) is 27.2 Å². The summed E-state index contributed by atoms with van der Waals surface area (Å²) in [6, 6.07) is 19.6. The molecule has 0 saturated carbocycles. The summed E-state index contributed by atoms with van der Waals surface area (Å²) >= 11 is 10.0. The Balaban J connectivity index is 1.92. The summed E-state index contributed by atoms with van der Waals surface area (Å²) < 4.78 is 0.912. The molecule has 1 aliphatic rings. The van der Waals surface area contributed by atoms with Crippen LogP contribution >= 0.6 is 27.5 Å². The number of aliphatic imine (C=N–C) groups is 1. The van der Waals surface area contributed by atoms with Crippen LogP contribution in [-0.4, -0.2) is 65.6 Å². The van der Waals surface area contributed by atoms with Crippen LogP contribution < -0.4 is 5.73 Å². The highest BCUT2D eigenvalue weighted by Crippen LogP contribution is 2.38. The van der Waals surface area contributed by atoms with E-state index in [9.17, 15) is 9.59 Å². The highest BCUT2D eigenvalue weighted by Gasteiger charge is 2.40. The van der Waals surface area contributed by atoms with Gasteiger partial charge in [-0.3, -0.25) is 9.59 Å². The van der Waals surface area contributed by atoms with Crippen LogP contribution in [0.5, 0.6) is 0 Å². The second-order valence-electron chi connectivity index (χ2n) is 9.90. The standard InChI is InChI=1S/C31H33BrClN5O2/c1-20-10-12-22(13-11-20)30(39)37(17-7-16-34)28(31(40)36(3)4)29-35-27-18-24(33)14-15-25(27)21(2)38(29)19-23-8-5-6-9-26(23)32/h5-6,8-15,18,28H,2,7,16-17,19,34H2,1,3-4H3. The number of benzene rings is 3. The van der Waals surface area contributed by atoms with Gasteiger partial charge < -0.3 is 20.4 Å². The van der Waals surface area contributed by atoms with Gasteiger partial charge in [0, 0.05) is 47.0 Å². The monoisotopic (exact) mass is 621 g/mol. The second kappa shape index (κ2) is 12.8. The van der Waals surface area contributed by atoms with Crippen LogP contribution in [-0.2, 0) is 11.3 Å². The Kier molecular flexibility index (Phi) is 9.45. The zero-order valence-corrected chi connectivity index (χ0v) is 25.2. The number of nitrogens with two attached hydrogens (primary N) is 1. The molecule has 7 nitrogen and oxygen atoms in total. The van der Waals surface area contributed by atoms with Crippen molar-refractivity contribution in [3.8, 4) is 0 Å². The first-order valence-electron chi connectivity index (χ1n) is 13.0. The minimum absolute atomic E-state index is 0.268. The predicted molar refractivity (Wildman–Crippen MR) is 166 cm³/mol. The number of halogens is 2. The van der Waals surface area contributed by atoms with Crippen LogP contribution in [0.2, 0.25) is 5.02 Å². The topological polar surface area (TPSA) is 82.2 Å². The highest BCUT2D eigenvalue weighted by atomic mass is 79.9. The number of likely N-dealkylation sites (N-methyl/N-ethyl adjacent to an activating group) is 1. The third-order valence-electron chi connectivity index (χ3n) is 6.79. The molecule has 0 saturated heterocycles. The lowest BCUT2D eigenvalue weighted by atomic mass is 10.0. The first-order chi connectivity index (χ1) is 19.1. The van der Waals surface area contributed by atoms with Gasteiger partial charge in [0.2, 0.25) is 0 Å². The van der Waals surface area contributed by atoms with E-state index in [4.69, 9.17) is 22.3 Å².